The van der Waals surface area contributed by atoms with E-state index < -0.39 is 14.9 Å². The zero-order chi connectivity index (χ0) is 15.6. The Morgan fingerprint density at radius 1 is 1.19 bits per heavy atom. The van der Waals surface area contributed by atoms with Gasteiger partial charge in [-0.1, -0.05) is 12.1 Å². The molecule has 0 bridgehead atoms. The fourth-order valence-corrected chi connectivity index (χ4v) is 3.27. The van der Waals surface area contributed by atoms with Crippen LogP contribution in [-0.4, -0.2) is 13.3 Å². The molecule has 2 aromatic rings. The molecule has 0 saturated carbocycles. The van der Waals surface area contributed by atoms with E-state index in [1.807, 2.05) is 13.0 Å². The minimum absolute atomic E-state index is 0.162. The van der Waals surface area contributed by atoms with E-state index in [0.717, 1.165) is 11.6 Å². The van der Waals surface area contributed by atoms with E-state index in [9.17, 15) is 18.5 Å². The first-order chi connectivity index (χ1) is 9.79. The molecule has 0 aliphatic carbocycles. The highest BCUT2D eigenvalue weighted by molar-refractivity contribution is 9.10. The molecule has 0 saturated heterocycles. The summed E-state index contributed by atoms with van der Waals surface area (Å²) in [4.78, 5) is 9.92. The second-order valence-electron chi connectivity index (χ2n) is 4.34. The summed E-state index contributed by atoms with van der Waals surface area (Å²) in [6.07, 6.45) is 0. The van der Waals surface area contributed by atoms with Crippen LogP contribution in [0.4, 0.5) is 11.4 Å². The van der Waals surface area contributed by atoms with E-state index in [-0.39, 0.29) is 10.6 Å². The van der Waals surface area contributed by atoms with Crippen LogP contribution < -0.4 is 4.72 Å². The molecule has 0 fully saturated rings. The third kappa shape index (κ3) is 3.59. The monoisotopic (exact) mass is 370 g/mol. The lowest BCUT2D eigenvalue weighted by molar-refractivity contribution is -0.385. The topological polar surface area (TPSA) is 89.3 Å². The average molecular weight is 371 g/mol. The van der Waals surface area contributed by atoms with Crippen LogP contribution in [0.1, 0.15) is 5.56 Å². The van der Waals surface area contributed by atoms with Gasteiger partial charge < -0.3 is 0 Å². The molecule has 1 N–H and O–H groups in total. The quantitative estimate of drug-likeness (QED) is 0.658. The van der Waals surface area contributed by atoms with Gasteiger partial charge in [-0.2, -0.15) is 0 Å². The van der Waals surface area contributed by atoms with E-state index in [1.165, 1.54) is 18.2 Å². The number of aryl methyl sites for hydroxylation is 1. The molecular formula is C13H11BrN2O4S. The Labute approximate surface area is 130 Å². The van der Waals surface area contributed by atoms with E-state index in [1.54, 1.807) is 12.1 Å². The highest BCUT2D eigenvalue weighted by atomic mass is 79.9. The molecule has 0 heterocycles. The van der Waals surface area contributed by atoms with Crippen molar-refractivity contribution in [2.24, 2.45) is 0 Å². The Bertz CT molecular complexity index is 806. The first-order valence-corrected chi connectivity index (χ1v) is 8.10. The number of nitrogens with one attached hydrogen (secondary N) is 1. The molecule has 8 heteroatoms. The van der Waals surface area contributed by atoms with Gasteiger partial charge >= 0.3 is 0 Å². The SMILES string of the molecule is Cc1ccc(Br)c(NS(=O)(=O)c2cccc([N+](=O)[O-])c2)c1. The highest BCUT2D eigenvalue weighted by Gasteiger charge is 2.18. The van der Waals surface area contributed by atoms with Crippen molar-refractivity contribution in [3.05, 3.63) is 62.6 Å². The van der Waals surface area contributed by atoms with Gasteiger partial charge in [0, 0.05) is 16.6 Å². The van der Waals surface area contributed by atoms with E-state index >= 15 is 0 Å². The van der Waals surface area contributed by atoms with Gasteiger partial charge in [-0.15, -0.1) is 0 Å². The van der Waals surface area contributed by atoms with Crippen molar-refractivity contribution in [3.8, 4) is 0 Å². The van der Waals surface area contributed by atoms with Gasteiger partial charge in [0.05, 0.1) is 15.5 Å². The summed E-state index contributed by atoms with van der Waals surface area (Å²) in [5.74, 6) is 0. The Hall–Kier alpha value is -1.93. The van der Waals surface area contributed by atoms with Crippen LogP contribution in [0.2, 0.25) is 0 Å². The molecule has 2 rings (SSSR count). The maximum absolute atomic E-state index is 12.3. The summed E-state index contributed by atoms with van der Waals surface area (Å²) in [5.41, 5.74) is 0.984. The fourth-order valence-electron chi connectivity index (χ4n) is 1.69. The van der Waals surface area contributed by atoms with Crippen LogP contribution in [0, 0.1) is 17.0 Å². The molecule has 0 atom stereocenters. The largest absolute Gasteiger partial charge is 0.278 e. The summed E-state index contributed by atoms with van der Waals surface area (Å²) >= 11 is 3.26. The molecule has 0 radical (unpaired) electrons. The van der Waals surface area contributed by atoms with Crippen molar-refractivity contribution in [1.29, 1.82) is 0 Å². The van der Waals surface area contributed by atoms with Crippen molar-refractivity contribution in [1.82, 2.24) is 0 Å². The van der Waals surface area contributed by atoms with Gasteiger partial charge in [0.2, 0.25) is 0 Å². The fraction of sp³-hybridized carbons (Fsp3) is 0.0769. The van der Waals surface area contributed by atoms with E-state index in [2.05, 4.69) is 20.7 Å². The predicted octanol–water partition coefficient (Wildman–Crippen LogP) is 3.47. The van der Waals surface area contributed by atoms with Crippen molar-refractivity contribution >= 4 is 37.3 Å². The molecule has 21 heavy (non-hydrogen) atoms. The van der Waals surface area contributed by atoms with Crippen LogP contribution in [0.3, 0.4) is 0 Å². The van der Waals surface area contributed by atoms with Crippen LogP contribution >= 0.6 is 15.9 Å². The lowest BCUT2D eigenvalue weighted by Crippen LogP contribution is -2.13. The molecule has 6 nitrogen and oxygen atoms in total. The summed E-state index contributed by atoms with van der Waals surface area (Å²) in [6, 6.07) is 10.1. The predicted molar refractivity (Wildman–Crippen MR) is 82.8 cm³/mol. The number of non-ortho nitro benzene ring substituents is 1. The number of anilines is 1. The van der Waals surface area contributed by atoms with Crippen molar-refractivity contribution in [2.45, 2.75) is 11.8 Å². The number of nitro groups is 1. The smallest absolute Gasteiger partial charge is 0.270 e. The Morgan fingerprint density at radius 2 is 1.90 bits per heavy atom. The average Bonchev–Trinajstić information content (AvgIpc) is 2.43. The van der Waals surface area contributed by atoms with E-state index in [4.69, 9.17) is 0 Å². The first kappa shape index (κ1) is 15.5. The second-order valence-corrected chi connectivity index (χ2v) is 6.88. The molecule has 0 aliphatic heterocycles. The van der Waals surface area contributed by atoms with Crippen LogP contribution in [-0.2, 0) is 10.0 Å². The van der Waals surface area contributed by atoms with Crippen LogP contribution in [0.25, 0.3) is 0 Å². The summed E-state index contributed by atoms with van der Waals surface area (Å²) in [6.45, 7) is 1.83. The molecule has 110 valence electrons. The normalized spacial score (nSPS) is 11.1. The highest BCUT2D eigenvalue weighted by Crippen LogP contribution is 2.27. The lowest BCUT2D eigenvalue weighted by Gasteiger charge is -2.10. The van der Waals surface area contributed by atoms with Gasteiger partial charge in [-0.3, -0.25) is 14.8 Å². The first-order valence-electron chi connectivity index (χ1n) is 5.83. The summed E-state index contributed by atoms with van der Waals surface area (Å²) in [5, 5.41) is 10.7. The van der Waals surface area contributed by atoms with Gasteiger partial charge in [0.25, 0.3) is 15.7 Å². The Kier molecular flexibility index (Phi) is 4.29. The van der Waals surface area contributed by atoms with Gasteiger partial charge in [-0.25, -0.2) is 8.42 Å². The third-order valence-electron chi connectivity index (χ3n) is 2.70. The standard InChI is InChI=1S/C13H11BrN2O4S/c1-9-5-6-12(14)13(7-9)15-21(19,20)11-4-2-3-10(8-11)16(17)18/h2-8,15H,1H3. The van der Waals surface area contributed by atoms with Gasteiger partial charge in [0.1, 0.15) is 0 Å². The number of rotatable bonds is 4. The molecule has 2 aromatic carbocycles. The Morgan fingerprint density at radius 3 is 2.57 bits per heavy atom. The van der Waals surface area contributed by atoms with Crippen molar-refractivity contribution in [3.63, 3.8) is 0 Å². The van der Waals surface area contributed by atoms with Crippen LogP contribution in [0.5, 0.6) is 0 Å². The molecule has 0 aromatic heterocycles. The minimum Gasteiger partial charge on any atom is -0.278 e. The zero-order valence-electron chi connectivity index (χ0n) is 10.9. The molecule has 0 unspecified atom stereocenters. The lowest BCUT2D eigenvalue weighted by atomic mass is 10.2. The number of hydrogen-bond donors (Lipinski definition) is 1. The maximum atomic E-state index is 12.3. The number of halogens is 1. The van der Waals surface area contributed by atoms with Crippen molar-refractivity contribution < 1.29 is 13.3 Å². The molecule has 0 amide bonds. The van der Waals surface area contributed by atoms with Gasteiger partial charge in [0.15, 0.2) is 0 Å². The number of benzene rings is 2. The number of nitrogens with zero attached hydrogens (tertiary/aromatic N) is 1. The number of nitro benzene ring substituents is 1. The third-order valence-corrected chi connectivity index (χ3v) is 4.76. The van der Waals surface area contributed by atoms with Crippen LogP contribution in [0.15, 0.2) is 51.8 Å². The van der Waals surface area contributed by atoms with Crippen molar-refractivity contribution in [2.75, 3.05) is 4.72 Å². The maximum Gasteiger partial charge on any atom is 0.270 e. The minimum atomic E-state index is -3.89. The van der Waals surface area contributed by atoms with E-state index in [0.29, 0.717) is 10.2 Å². The van der Waals surface area contributed by atoms with Gasteiger partial charge in [-0.05, 0) is 46.6 Å². The number of sulfonamides is 1. The molecular weight excluding hydrogens is 360 g/mol. The number of hydrogen-bond acceptors (Lipinski definition) is 4. The summed E-state index contributed by atoms with van der Waals surface area (Å²) in [7, 11) is -3.89. The molecule has 0 spiro atoms. The second kappa shape index (κ2) is 5.82. The Balaban J connectivity index is 2.41. The zero-order valence-corrected chi connectivity index (χ0v) is 13.3. The summed E-state index contributed by atoms with van der Waals surface area (Å²) < 4.78 is 27.6. The molecule has 0 aliphatic rings.